The Hall–Kier alpha value is -4.19. The van der Waals surface area contributed by atoms with E-state index in [0.717, 1.165) is 22.0 Å². The van der Waals surface area contributed by atoms with Gasteiger partial charge in [0.1, 0.15) is 0 Å². The molecule has 2 N–H and O–H groups in total. The summed E-state index contributed by atoms with van der Waals surface area (Å²) in [7, 11) is 0. The molecule has 0 bridgehead atoms. The van der Waals surface area contributed by atoms with Crippen molar-refractivity contribution >= 4 is 34.3 Å². The lowest BCUT2D eigenvalue weighted by Gasteiger charge is -2.15. The van der Waals surface area contributed by atoms with Gasteiger partial charge in [0.15, 0.2) is 0 Å². The zero-order valence-corrected chi connectivity index (χ0v) is 17.8. The molecule has 0 saturated heterocycles. The number of nitrogens with zero attached hydrogens (tertiary/aromatic N) is 1. The second-order valence-electron chi connectivity index (χ2n) is 7.76. The molecule has 0 aliphatic carbocycles. The Morgan fingerprint density at radius 2 is 1.97 bits per heavy atom. The summed E-state index contributed by atoms with van der Waals surface area (Å²) in [5.74, 6) is -0.145. The fourth-order valence-electron chi connectivity index (χ4n) is 3.78. The molecule has 3 aromatic carbocycles. The largest absolute Gasteiger partial charge is 0.361 e. The van der Waals surface area contributed by atoms with Crippen molar-refractivity contribution in [3.63, 3.8) is 0 Å². The number of nitro groups is 1. The molecule has 1 amide bonds. The Morgan fingerprint density at radius 1 is 1.16 bits per heavy atom. The van der Waals surface area contributed by atoms with Crippen molar-refractivity contribution in [1.29, 1.82) is 0 Å². The van der Waals surface area contributed by atoms with E-state index in [1.165, 1.54) is 12.1 Å². The van der Waals surface area contributed by atoms with Crippen LogP contribution in [0.5, 0.6) is 0 Å². The maximum absolute atomic E-state index is 12.6. The summed E-state index contributed by atoms with van der Waals surface area (Å²) >= 11 is 0. The van der Waals surface area contributed by atoms with E-state index in [2.05, 4.69) is 16.4 Å². The number of anilines is 1. The van der Waals surface area contributed by atoms with Gasteiger partial charge in [0.25, 0.3) is 5.69 Å². The van der Waals surface area contributed by atoms with Crippen LogP contribution in [0, 0.1) is 16.2 Å². The number of benzene rings is 3. The van der Waals surface area contributed by atoms with Crippen molar-refractivity contribution in [2.24, 2.45) is 0 Å². The number of fused-ring (bicyclic) bond motifs is 1. The van der Waals surface area contributed by atoms with Crippen LogP contribution < -0.4 is 5.32 Å². The summed E-state index contributed by atoms with van der Waals surface area (Å²) in [4.78, 5) is 27.0. The first kappa shape index (κ1) is 21.1. The number of hydrogen-bond acceptors (Lipinski definition) is 3. The zero-order valence-electron chi connectivity index (χ0n) is 17.8. The minimum Gasteiger partial charge on any atom is -0.361 e. The van der Waals surface area contributed by atoms with Gasteiger partial charge in [-0.3, -0.25) is 14.9 Å². The van der Waals surface area contributed by atoms with E-state index in [4.69, 9.17) is 0 Å². The second kappa shape index (κ2) is 8.89. The average molecular weight is 424 g/mol. The summed E-state index contributed by atoms with van der Waals surface area (Å²) in [6.07, 6.45) is 4.84. The van der Waals surface area contributed by atoms with Gasteiger partial charge in [0.2, 0.25) is 5.91 Å². The van der Waals surface area contributed by atoms with Gasteiger partial charge < -0.3 is 10.3 Å². The second-order valence-corrected chi connectivity index (χ2v) is 7.76. The van der Waals surface area contributed by atoms with E-state index in [0.29, 0.717) is 16.8 Å². The van der Waals surface area contributed by atoms with Gasteiger partial charge in [0.05, 0.1) is 16.6 Å². The van der Waals surface area contributed by atoms with Crippen molar-refractivity contribution < 1.29 is 9.72 Å². The predicted octanol–water partition coefficient (Wildman–Crippen LogP) is 6.32. The number of nitrogens with one attached hydrogen (secondary N) is 2. The Bertz CT molecular complexity index is 1340. The van der Waals surface area contributed by atoms with Crippen LogP contribution in [-0.2, 0) is 4.79 Å². The van der Waals surface area contributed by atoms with Gasteiger partial charge in [-0.05, 0) is 59.0 Å². The number of nitro benzene ring substituents is 1. The van der Waals surface area contributed by atoms with Gasteiger partial charge in [-0.25, -0.2) is 0 Å². The quantitative estimate of drug-likeness (QED) is 0.216. The van der Waals surface area contributed by atoms with E-state index in [1.807, 2.05) is 68.6 Å². The van der Waals surface area contributed by atoms with Crippen molar-refractivity contribution in [2.75, 3.05) is 5.32 Å². The lowest BCUT2D eigenvalue weighted by atomic mass is 9.89. The van der Waals surface area contributed by atoms with Crippen LogP contribution in [0.15, 0.2) is 72.9 Å². The Balaban J connectivity index is 1.69. The molecule has 0 fully saturated rings. The third-order valence-corrected chi connectivity index (χ3v) is 5.28. The van der Waals surface area contributed by atoms with Gasteiger partial charge in [-0.1, -0.05) is 44.2 Å². The molecule has 0 aliphatic rings. The lowest BCUT2D eigenvalue weighted by Crippen LogP contribution is -2.07. The van der Waals surface area contributed by atoms with Crippen molar-refractivity contribution in [2.45, 2.75) is 19.8 Å². The first-order chi connectivity index (χ1) is 15.4. The molecular weight excluding hydrogens is 402 g/mol. The summed E-state index contributed by atoms with van der Waals surface area (Å²) in [6, 6.07) is 21.1. The van der Waals surface area contributed by atoms with Gasteiger partial charge in [0, 0.05) is 28.9 Å². The first-order valence-electron chi connectivity index (χ1n) is 10.3. The number of carbonyl (C=O) groups is 1. The minimum absolute atomic E-state index is 0.112. The molecule has 32 heavy (non-hydrogen) atoms. The Kier molecular flexibility index (Phi) is 5.85. The Labute approximate surface area is 185 Å². The lowest BCUT2D eigenvalue weighted by molar-refractivity contribution is -0.384. The highest BCUT2D eigenvalue weighted by atomic mass is 16.6. The molecule has 0 unspecified atom stereocenters. The summed E-state index contributed by atoms with van der Waals surface area (Å²) in [6.45, 7) is 4.09. The number of aromatic amines is 1. The van der Waals surface area contributed by atoms with Crippen LogP contribution in [0.1, 0.15) is 30.9 Å². The number of amides is 1. The van der Waals surface area contributed by atoms with E-state index in [-0.39, 0.29) is 17.5 Å². The molecule has 4 aromatic rings. The molecule has 1 heterocycles. The average Bonchev–Trinajstić information content (AvgIpc) is 3.25. The van der Waals surface area contributed by atoms with E-state index < -0.39 is 4.92 Å². The monoisotopic (exact) mass is 424 g/mol. The molecule has 0 spiro atoms. The third kappa shape index (κ3) is 4.30. The maximum Gasteiger partial charge on any atom is 0.285 e. The highest BCUT2D eigenvalue weighted by Gasteiger charge is 2.21. The molecule has 1 aromatic heterocycles. The van der Waals surface area contributed by atoms with Crippen molar-refractivity contribution in [3.05, 3.63) is 100 Å². The van der Waals surface area contributed by atoms with Crippen LogP contribution in [0.25, 0.3) is 28.1 Å². The number of hydrogen-bond donors (Lipinski definition) is 2. The standard InChI is InChI=1S/C26H22N3O3/c1-17(2)21-7-3-4-8-22(21)26-18(6-5-9-24(26)29(31)32)10-13-25(30)28-20-11-12-23-19(16-20)14-15-27-23/h3-8,10-17,27H,1-2H3,(H,28,30)/b13-10+. The topological polar surface area (TPSA) is 88.0 Å². The van der Waals surface area contributed by atoms with Crippen LogP contribution >= 0.6 is 0 Å². The minimum atomic E-state index is -0.435. The number of H-pyrrole nitrogens is 1. The normalized spacial score (nSPS) is 11.3. The van der Waals surface area contributed by atoms with Crippen LogP contribution in [0.2, 0.25) is 0 Å². The number of aromatic nitrogens is 1. The maximum atomic E-state index is 12.6. The third-order valence-electron chi connectivity index (χ3n) is 5.28. The van der Waals surface area contributed by atoms with E-state index in [9.17, 15) is 14.9 Å². The van der Waals surface area contributed by atoms with Crippen LogP contribution in [0.4, 0.5) is 11.4 Å². The SMILES string of the molecule is CC(C)c1ccccc1-c1c([N+](=O)[O-])[c]ccc1/C=C/C(=O)Nc1ccc2[nH]ccc2c1. The fraction of sp³-hybridized carbons (Fsp3) is 0.115. The van der Waals surface area contributed by atoms with E-state index in [1.54, 1.807) is 12.1 Å². The molecule has 0 atom stereocenters. The molecule has 6 nitrogen and oxygen atoms in total. The molecule has 4 rings (SSSR count). The highest BCUT2D eigenvalue weighted by molar-refractivity contribution is 6.03. The Morgan fingerprint density at radius 3 is 2.75 bits per heavy atom. The van der Waals surface area contributed by atoms with Crippen LogP contribution in [-0.4, -0.2) is 15.8 Å². The van der Waals surface area contributed by atoms with E-state index >= 15 is 0 Å². The number of carbonyl (C=O) groups excluding carboxylic acids is 1. The van der Waals surface area contributed by atoms with Gasteiger partial charge in [-0.15, -0.1) is 0 Å². The molecule has 0 aliphatic heterocycles. The number of rotatable bonds is 6. The van der Waals surface area contributed by atoms with Gasteiger partial charge >= 0.3 is 0 Å². The van der Waals surface area contributed by atoms with Gasteiger partial charge in [-0.2, -0.15) is 0 Å². The first-order valence-corrected chi connectivity index (χ1v) is 10.3. The molecule has 6 heteroatoms. The van der Waals surface area contributed by atoms with Crippen molar-refractivity contribution in [1.82, 2.24) is 4.98 Å². The molecule has 0 saturated carbocycles. The van der Waals surface area contributed by atoms with Crippen LogP contribution in [0.3, 0.4) is 0 Å². The zero-order chi connectivity index (χ0) is 22.7. The predicted molar refractivity (Wildman–Crippen MR) is 127 cm³/mol. The molecule has 1 radical (unpaired) electrons. The van der Waals surface area contributed by atoms with Crippen molar-refractivity contribution in [3.8, 4) is 11.1 Å². The highest BCUT2D eigenvalue weighted by Crippen LogP contribution is 2.38. The fourth-order valence-corrected chi connectivity index (χ4v) is 3.78. The summed E-state index contributed by atoms with van der Waals surface area (Å²) in [5.41, 5.74) is 4.35. The summed E-state index contributed by atoms with van der Waals surface area (Å²) < 4.78 is 0. The molecular formula is C26H22N3O3. The molecule has 159 valence electrons. The summed E-state index contributed by atoms with van der Waals surface area (Å²) in [5, 5.41) is 15.6. The smallest absolute Gasteiger partial charge is 0.285 e.